The Balaban J connectivity index is 2.06. The molecule has 0 aromatic heterocycles. The Morgan fingerprint density at radius 1 is 0.347 bits per heavy atom. The quantitative estimate of drug-likeness (QED) is 0.0261. The average molecular weight is 1340 g/mol. The number of hydrogen-bond acceptors (Lipinski definition) is 8. The summed E-state index contributed by atoms with van der Waals surface area (Å²) in [6, 6.07) is -0.830. The standard InChI is InChI=1S/C86H163NO8/c1-3-5-7-9-11-13-15-17-19-21-23-25-27-29-31-33-35-37-38-39-40-41-42-44-46-48-50-52-54-56-58-60-62-64-66-68-70-72-74-76-82(90)87-79(78-94-86-85(93)84(92)83(91)81(77-88)95-86)80(89)75-73-71-69-67-65-63-61-59-57-55-53-51-49-47-45-43-36-34-32-30-28-26-24-22-20-18-16-14-12-10-8-6-4-2/h21,23,57,59,65,67,73,75,79-81,83-86,88-89,91-93H,3-20,22,24-56,58,60-64,66,68-72,74,76-78H2,1-2H3,(H,87,90)/b23-21-,59-57+,67-65+,75-73+. The van der Waals surface area contributed by atoms with Crippen molar-refractivity contribution in [2.45, 2.75) is 480 Å². The number of aliphatic hydroxyl groups excluding tert-OH is 5. The fraction of sp³-hybridized carbons (Fsp3) is 0.895. The fourth-order valence-electron chi connectivity index (χ4n) is 13.8. The Bertz CT molecular complexity index is 1650. The van der Waals surface area contributed by atoms with Crippen molar-refractivity contribution in [3.63, 3.8) is 0 Å². The van der Waals surface area contributed by atoms with Crippen molar-refractivity contribution < 1.29 is 39.8 Å². The molecule has 9 heteroatoms. The summed E-state index contributed by atoms with van der Waals surface area (Å²) in [5.74, 6) is -0.182. The summed E-state index contributed by atoms with van der Waals surface area (Å²) in [4.78, 5) is 13.2. The van der Waals surface area contributed by atoms with Crippen molar-refractivity contribution in [3.8, 4) is 0 Å². The van der Waals surface area contributed by atoms with Gasteiger partial charge in [-0.2, -0.15) is 0 Å². The van der Waals surface area contributed by atoms with Crippen LogP contribution in [0.5, 0.6) is 0 Å². The molecule has 7 atom stereocenters. The molecule has 1 aliphatic rings. The third kappa shape index (κ3) is 62.9. The number of unbranched alkanes of at least 4 members (excludes halogenated alkanes) is 60. The van der Waals surface area contributed by atoms with Crippen LogP contribution in [-0.4, -0.2) is 87.5 Å². The predicted molar refractivity (Wildman–Crippen MR) is 410 cm³/mol. The van der Waals surface area contributed by atoms with E-state index in [1.165, 1.54) is 372 Å². The molecular formula is C86H163NO8. The molecule has 0 bridgehead atoms. The average Bonchev–Trinajstić information content (AvgIpc) is 0.836. The monoisotopic (exact) mass is 1340 g/mol. The molecule has 0 aromatic carbocycles. The highest BCUT2D eigenvalue weighted by Crippen LogP contribution is 2.24. The summed E-state index contributed by atoms with van der Waals surface area (Å²) in [7, 11) is 0. The van der Waals surface area contributed by atoms with Crippen LogP contribution in [0.4, 0.5) is 0 Å². The van der Waals surface area contributed by atoms with Crippen LogP contribution in [0.25, 0.3) is 0 Å². The van der Waals surface area contributed by atoms with Gasteiger partial charge in [-0.15, -0.1) is 0 Å². The van der Waals surface area contributed by atoms with Gasteiger partial charge in [-0.05, 0) is 70.6 Å². The minimum Gasteiger partial charge on any atom is -0.394 e. The van der Waals surface area contributed by atoms with E-state index in [0.717, 1.165) is 44.9 Å². The van der Waals surface area contributed by atoms with Crippen LogP contribution >= 0.6 is 0 Å². The van der Waals surface area contributed by atoms with Crippen LogP contribution in [0.2, 0.25) is 0 Å². The molecule has 1 saturated heterocycles. The fourth-order valence-corrected chi connectivity index (χ4v) is 13.8. The van der Waals surface area contributed by atoms with Gasteiger partial charge in [0.2, 0.25) is 5.91 Å². The maximum atomic E-state index is 13.2. The molecule has 0 aromatic rings. The van der Waals surface area contributed by atoms with Crippen LogP contribution in [-0.2, 0) is 14.3 Å². The van der Waals surface area contributed by atoms with Crippen LogP contribution in [0.3, 0.4) is 0 Å². The first-order valence-corrected chi connectivity index (χ1v) is 42.4. The molecule has 1 amide bonds. The van der Waals surface area contributed by atoms with Gasteiger partial charge in [0, 0.05) is 6.42 Å². The molecule has 6 N–H and O–H groups in total. The number of amides is 1. The zero-order valence-corrected chi connectivity index (χ0v) is 63.2. The largest absolute Gasteiger partial charge is 0.394 e. The molecule has 1 rings (SSSR count). The maximum absolute atomic E-state index is 13.2. The molecular weight excluding hydrogens is 1170 g/mol. The minimum absolute atomic E-state index is 0.182. The van der Waals surface area contributed by atoms with E-state index in [1.54, 1.807) is 6.08 Å². The van der Waals surface area contributed by atoms with Crippen molar-refractivity contribution >= 4 is 5.91 Å². The lowest BCUT2D eigenvalue weighted by molar-refractivity contribution is -0.302. The van der Waals surface area contributed by atoms with Crippen molar-refractivity contribution in [2.75, 3.05) is 13.2 Å². The Hall–Kier alpha value is -1.85. The lowest BCUT2D eigenvalue weighted by Gasteiger charge is -2.40. The number of aliphatic hydroxyl groups is 5. The first kappa shape index (κ1) is 91.2. The van der Waals surface area contributed by atoms with E-state index >= 15 is 0 Å². The summed E-state index contributed by atoms with van der Waals surface area (Å²) >= 11 is 0. The van der Waals surface area contributed by atoms with Crippen LogP contribution in [0, 0.1) is 0 Å². The minimum atomic E-state index is -1.58. The van der Waals surface area contributed by atoms with Gasteiger partial charge in [-0.1, -0.05) is 409 Å². The van der Waals surface area contributed by atoms with E-state index in [-0.39, 0.29) is 12.5 Å². The zero-order chi connectivity index (χ0) is 68.5. The summed E-state index contributed by atoms with van der Waals surface area (Å²) < 4.78 is 11.3. The summed E-state index contributed by atoms with van der Waals surface area (Å²) in [5.41, 5.74) is 0. The van der Waals surface area contributed by atoms with Gasteiger partial charge < -0.3 is 40.3 Å². The lowest BCUT2D eigenvalue weighted by atomic mass is 9.99. The Morgan fingerprint density at radius 2 is 0.600 bits per heavy atom. The molecule has 0 aliphatic carbocycles. The molecule has 0 saturated carbocycles. The Kier molecular flexibility index (Phi) is 71.8. The van der Waals surface area contributed by atoms with Gasteiger partial charge in [-0.25, -0.2) is 0 Å². The van der Waals surface area contributed by atoms with Crippen LogP contribution < -0.4 is 5.32 Å². The number of nitrogens with one attached hydrogen (secondary N) is 1. The van der Waals surface area contributed by atoms with Gasteiger partial charge in [0.1, 0.15) is 24.4 Å². The molecule has 560 valence electrons. The molecule has 1 fully saturated rings. The first-order chi connectivity index (χ1) is 46.8. The van der Waals surface area contributed by atoms with Crippen molar-refractivity contribution in [1.82, 2.24) is 5.32 Å². The maximum Gasteiger partial charge on any atom is 0.220 e. The van der Waals surface area contributed by atoms with Crippen molar-refractivity contribution in [1.29, 1.82) is 0 Å². The predicted octanol–water partition coefficient (Wildman–Crippen LogP) is 24.7. The molecule has 0 spiro atoms. The van der Waals surface area contributed by atoms with E-state index in [9.17, 15) is 30.3 Å². The smallest absolute Gasteiger partial charge is 0.220 e. The Labute approximate surface area is 590 Å². The van der Waals surface area contributed by atoms with E-state index in [1.807, 2.05) is 6.08 Å². The van der Waals surface area contributed by atoms with Crippen molar-refractivity contribution in [3.05, 3.63) is 48.6 Å². The van der Waals surface area contributed by atoms with Gasteiger partial charge in [0.15, 0.2) is 6.29 Å². The van der Waals surface area contributed by atoms with E-state index < -0.39 is 49.5 Å². The number of allylic oxidation sites excluding steroid dienone is 7. The van der Waals surface area contributed by atoms with Gasteiger partial charge in [0.05, 0.1) is 25.4 Å². The van der Waals surface area contributed by atoms with Gasteiger partial charge >= 0.3 is 0 Å². The van der Waals surface area contributed by atoms with E-state index in [2.05, 4.69) is 55.6 Å². The second-order valence-corrected chi connectivity index (χ2v) is 29.6. The van der Waals surface area contributed by atoms with Gasteiger partial charge in [0.25, 0.3) is 0 Å². The van der Waals surface area contributed by atoms with Crippen molar-refractivity contribution in [2.24, 2.45) is 0 Å². The molecule has 7 unspecified atom stereocenters. The van der Waals surface area contributed by atoms with Crippen LogP contribution in [0.1, 0.15) is 438 Å². The molecule has 0 radical (unpaired) electrons. The molecule has 95 heavy (non-hydrogen) atoms. The normalized spacial score (nSPS) is 17.7. The number of hydrogen-bond donors (Lipinski definition) is 6. The second kappa shape index (κ2) is 74.8. The van der Waals surface area contributed by atoms with Crippen LogP contribution in [0.15, 0.2) is 48.6 Å². The number of ether oxygens (including phenoxy) is 2. The van der Waals surface area contributed by atoms with Gasteiger partial charge in [-0.3, -0.25) is 4.79 Å². The molecule has 9 nitrogen and oxygen atoms in total. The Morgan fingerprint density at radius 3 is 0.884 bits per heavy atom. The summed E-state index contributed by atoms with van der Waals surface area (Å²) in [5, 5.41) is 54.9. The highest BCUT2D eigenvalue weighted by atomic mass is 16.7. The lowest BCUT2D eigenvalue weighted by Crippen LogP contribution is -2.60. The van der Waals surface area contributed by atoms with E-state index in [0.29, 0.717) is 6.42 Å². The number of carbonyl (C=O) groups is 1. The highest BCUT2D eigenvalue weighted by molar-refractivity contribution is 5.76. The third-order valence-electron chi connectivity index (χ3n) is 20.4. The summed E-state index contributed by atoms with van der Waals surface area (Å²) in [6.07, 6.45) is 97.3. The highest BCUT2D eigenvalue weighted by Gasteiger charge is 2.44. The third-order valence-corrected chi connectivity index (χ3v) is 20.4. The summed E-state index contributed by atoms with van der Waals surface area (Å²) in [6.45, 7) is 3.82. The topological polar surface area (TPSA) is 149 Å². The molecule has 1 aliphatic heterocycles. The molecule has 1 heterocycles. The first-order valence-electron chi connectivity index (χ1n) is 42.4. The second-order valence-electron chi connectivity index (χ2n) is 29.6. The number of rotatable bonds is 76. The number of carbonyl (C=O) groups excluding carboxylic acids is 1. The SMILES string of the molecule is CCCCCCCCCC/C=C\CCCCCCCCCCCCCCCCCCCCCCCCCCCCCC(=O)NC(COC1OC(CO)C(O)C(O)C1O)C(O)/C=C/CC/C=C/CC/C=C/CCCCCCCCCCCCCCCCCCCCCCCCC. The zero-order valence-electron chi connectivity index (χ0n) is 63.2. The van der Waals surface area contributed by atoms with E-state index in [4.69, 9.17) is 9.47 Å².